The van der Waals surface area contributed by atoms with Crippen molar-refractivity contribution in [2.24, 2.45) is 17.4 Å². The number of rotatable bonds is 7. The van der Waals surface area contributed by atoms with E-state index in [0.717, 1.165) is 42.1 Å². The van der Waals surface area contributed by atoms with Crippen molar-refractivity contribution in [2.75, 3.05) is 17.2 Å². The molecule has 0 radical (unpaired) electrons. The molecule has 144 valence electrons. The molecule has 6 N–H and O–H groups in total. The zero-order chi connectivity index (χ0) is 19.4. The van der Waals surface area contributed by atoms with Crippen LogP contribution in [0, 0.1) is 12.8 Å². The summed E-state index contributed by atoms with van der Waals surface area (Å²) in [5.74, 6) is -0.461. The lowest BCUT2D eigenvalue weighted by atomic mass is 9.82. The molecule has 3 rings (SSSR count). The number of ketones is 1. The zero-order valence-corrected chi connectivity index (χ0v) is 16.1. The molecule has 1 aromatic heterocycles. The first-order valence-corrected chi connectivity index (χ1v) is 9.87. The molecule has 0 saturated heterocycles. The van der Waals surface area contributed by atoms with E-state index in [9.17, 15) is 9.59 Å². The van der Waals surface area contributed by atoms with Gasteiger partial charge in [-0.2, -0.15) is 4.37 Å². The highest BCUT2D eigenvalue weighted by atomic mass is 32.1. The highest BCUT2D eigenvalue weighted by Gasteiger charge is 2.27. The van der Waals surface area contributed by atoms with Gasteiger partial charge in [0.25, 0.3) is 5.91 Å². The molecule has 1 aliphatic carbocycles. The average Bonchev–Trinajstić information content (AvgIpc) is 3.04. The van der Waals surface area contributed by atoms with Crippen molar-refractivity contribution in [3.63, 3.8) is 0 Å². The predicted molar refractivity (Wildman–Crippen MR) is 109 cm³/mol. The number of nitrogens with two attached hydrogens (primary N) is 2. The summed E-state index contributed by atoms with van der Waals surface area (Å²) in [5, 5.41) is 7.15. The van der Waals surface area contributed by atoms with E-state index in [-0.39, 0.29) is 24.3 Å². The largest absolute Gasteiger partial charge is 0.378 e. The summed E-state index contributed by atoms with van der Waals surface area (Å²) in [4.78, 5) is 24.2. The molecule has 0 spiro atoms. The molecule has 27 heavy (non-hydrogen) atoms. The minimum absolute atomic E-state index is 0.0444. The lowest BCUT2D eigenvalue weighted by Gasteiger charge is -2.27. The fourth-order valence-corrected chi connectivity index (χ4v) is 4.08. The summed E-state index contributed by atoms with van der Waals surface area (Å²) >= 11 is 1.31. The second kappa shape index (κ2) is 8.49. The quantitative estimate of drug-likeness (QED) is 0.579. The molecule has 1 heterocycles. The minimum Gasteiger partial charge on any atom is -0.378 e. The molecule has 0 aliphatic heterocycles. The molecule has 0 bridgehead atoms. The van der Waals surface area contributed by atoms with E-state index in [2.05, 4.69) is 15.0 Å². The molecule has 1 aromatic carbocycles. The zero-order valence-electron chi connectivity index (χ0n) is 15.3. The van der Waals surface area contributed by atoms with Gasteiger partial charge in [-0.05, 0) is 55.6 Å². The van der Waals surface area contributed by atoms with Crippen LogP contribution < -0.4 is 22.1 Å². The fraction of sp³-hybridized carbons (Fsp3) is 0.421. The average molecular weight is 388 g/mol. The van der Waals surface area contributed by atoms with Crippen molar-refractivity contribution in [2.45, 2.75) is 38.6 Å². The van der Waals surface area contributed by atoms with E-state index in [1.807, 2.05) is 13.0 Å². The van der Waals surface area contributed by atoms with Gasteiger partial charge in [0.1, 0.15) is 5.00 Å². The van der Waals surface area contributed by atoms with E-state index < -0.39 is 5.91 Å². The van der Waals surface area contributed by atoms with Gasteiger partial charge >= 0.3 is 0 Å². The first-order chi connectivity index (χ1) is 12.9. The lowest BCUT2D eigenvalue weighted by molar-refractivity contribution is -0.122. The second-order valence-corrected chi connectivity index (χ2v) is 7.76. The Balaban J connectivity index is 1.71. The molecule has 1 fully saturated rings. The molecule has 1 saturated carbocycles. The van der Waals surface area contributed by atoms with Gasteiger partial charge in [-0.3, -0.25) is 9.59 Å². The molecule has 1 amide bonds. The van der Waals surface area contributed by atoms with Crippen molar-refractivity contribution >= 4 is 39.6 Å². The van der Waals surface area contributed by atoms with Gasteiger partial charge in [0.2, 0.25) is 0 Å². The Morgan fingerprint density at radius 2 is 2.04 bits per heavy atom. The van der Waals surface area contributed by atoms with Gasteiger partial charge in [-0.25, -0.2) is 0 Å². The third-order valence-corrected chi connectivity index (χ3v) is 5.67. The summed E-state index contributed by atoms with van der Waals surface area (Å²) in [6.07, 6.45) is 3.92. The van der Waals surface area contributed by atoms with Crippen molar-refractivity contribution in [1.29, 1.82) is 0 Å². The van der Waals surface area contributed by atoms with Crippen molar-refractivity contribution in [3.8, 4) is 0 Å². The number of carbonyl (C=O) groups is 2. The van der Waals surface area contributed by atoms with Gasteiger partial charge in [0.05, 0.1) is 23.5 Å². The third kappa shape index (κ3) is 4.84. The topological polar surface area (TPSA) is 123 Å². The van der Waals surface area contributed by atoms with E-state index in [1.165, 1.54) is 11.5 Å². The monoisotopic (exact) mass is 387 g/mol. The van der Waals surface area contributed by atoms with Gasteiger partial charge in [-0.15, -0.1) is 0 Å². The molecular formula is C19H25N5O2S. The normalized spacial score (nSPS) is 19.5. The number of carbonyl (C=O) groups excluding carboxylic acids is 2. The molecule has 1 aliphatic rings. The van der Waals surface area contributed by atoms with Crippen LogP contribution in [0.15, 0.2) is 24.3 Å². The summed E-state index contributed by atoms with van der Waals surface area (Å²) in [6, 6.07) is 7.03. The summed E-state index contributed by atoms with van der Waals surface area (Å²) in [7, 11) is 0. The fourth-order valence-electron chi connectivity index (χ4n) is 3.41. The second-order valence-electron chi connectivity index (χ2n) is 6.96. The van der Waals surface area contributed by atoms with Crippen LogP contribution in [-0.2, 0) is 4.79 Å². The standard InChI is InChI=1S/C19H25N5O2S/c1-11-8-18(27-24-11)23-16-9-12(6-7-14(16)19(21)26)22-10-17(25)13-4-2-3-5-15(13)20/h6-9,13,15,22-23H,2-5,10,20H2,1H3,(H2,21,26). The summed E-state index contributed by atoms with van der Waals surface area (Å²) < 4.78 is 4.22. The third-order valence-electron chi connectivity index (χ3n) is 4.87. The Labute approximate surface area is 162 Å². The molecular weight excluding hydrogens is 362 g/mol. The maximum Gasteiger partial charge on any atom is 0.250 e. The first kappa shape index (κ1) is 19.3. The summed E-state index contributed by atoms with van der Waals surface area (Å²) in [5.41, 5.74) is 14.2. The smallest absolute Gasteiger partial charge is 0.250 e. The molecule has 7 nitrogen and oxygen atoms in total. The molecule has 2 aromatic rings. The number of hydrogen-bond acceptors (Lipinski definition) is 7. The number of hydrogen-bond donors (Lipinski definition) is 4. The van der Waals surface area contributed by atoms with Crippen LogP contribution in [0.25, 0.3) is 0 Å². The number of amides is 1. The Bertz CT molecular complexity index is 835. The summed E-state index contributed by atoms with van der Waals surface area (Å²) in [6.45, 7) is 2.11. The van der Waals surface area contributed by atoms with Crippen molar-refractivity contribution < 1.29 is 9.59 Å². The van der Waals surface area contributed by atoms with Crippen LogP contribution in [0.1, 0.15) is 41.7 Å². The number of anilines is 3. The Kier molecular flexibility index (Phi) is 6.08. The number of benzene rings is 1. The van der Waals surface area contributed by atoms with Crippen molar-refractivity contribution in [1.82, 2.24) is 4.37 Å². The van der Waals surface area contributed by atoms with Crippen LogP contribution in [-0.4, -0.2) is 28.7 Å². The Morgan fingerprint density at radius 1 is 1.26 bits per heavy atom. The van der Waals surface area contributed by atoms with Crippen LogP contribution in [0.3, 0.4) is 0 Å². The van der Waals surface area contributed by atoms with Crippen molar-refractivity contribution in [3.05, 3.63) is 35.5 Å². The van der Waals surface area contributed by atoms with E-state index in [0.29, 0.717) is 11.3 Å². The lowest BCUT2D eigenvalue weighted by Crippen LogP contribution is -2.40. The Morgan fingerprint density at radius 3 is 2.70 bits per heavy atom. The number of aromatic nitrogens is 1. The number of primary amides is 1. The maximum atomic E-state index is 12.5. The predicted octanol–water partition coefficient (Wildman–Crippen LogP) is 2.79. The molecule has 8 heteroatoms. The number of aryl methyl sites for hydroxylation is 1. The van der Waals surface area contributed by atoms with Gasteiger partial charge in [0.15, 0.2) is 5.78 Å². The van der Waals surface area contributed by atoms with Crippen LogP contribution in [0.4, 0.5) is 16.4 Å². The Hall–Kier alpha value is -2.45. The van der Waals surface area contributed by atoms with E-state index in [1.54, 1.807) is 18.2 Å². The number of Topliss-reactive ketones (excluding diaryl/α,β-unsaturated/α-hetero) is 1. The van der Waals surface area contributed by atoms with E-state index in [4.69, 9.17) is 11.5 Å². The highest BCUT2D eigenvalue weighted by Crippen LogP contribution is 2.28. The number of nitrogens with zero attached hydrogens (tertiary/aromatic N) is 1. The first-order valence-electron chi connectivity index (χ1n) is 9.10. The van der Waals surface area contributed by atoms with Gasteiger partial charge in [-0.1, -0.05) is 12.8 Å². The SMILES string of the molecule is Cc1cc(Nc2cc(NCC(=O)C3CCCCC3N)ccc2C(N)=O)sn1. The minimum atomic E-state index is -0.519. The highest BCUT2D eigenvalue weighted by molar-refractivity contribution is 7.10. The van der Waals surface area contributed by atoms with Crippen LogP contribution >= 0.6 is 11.5 Å². The van der Waals surface area contributed by atoms with Crippen LogP contribution in [0.5, 0.6) is 0 Å². The maximum absolute atomic E-state index is 12.5. The van der Waals surface area contributed by atoms with Crippen LogP contribution in [0.2, 0.25) is 0 Å². The van der Waals surface area contributed by atoms with Gasteiger partial charge in [0, 0.05) is 17.6 Å². The number of nitrogens with one attached hydrogen (secondary N) is 2. The molecule has 2 atom stereocenters. The van der Waals surface area contributed by atoms with E-state index >= 15 is 0 Å². The van der Waals surface area contributed by atoms with Gasteiger partial charge < -0.3 is 22.1 Å². The molecule has 2 unspecified atom stereocenters.